The van der Waals surface area contributed by atoms with Gasteiger partial charge in [0.25, 0.3) is 0 Å². The molecule has 6 heteroatoms. The largest absolute Gasteiger partial charge is 0.356 e. The van der Waals surface area contributed by atoms with Crippen molar-refractivity contribution in [1.82, 2.24) is 10.6 Å². The lowest BCUT2D eigenvalue weighted by Crippen LogP contribution is -2.33. The molecule has 3 atom stereocenters. The van der Waals surface area contributed by atoms with E-state index in [1.807, 2.05) is 6.92 Å². The van der Waals surface area contributed by atoms with E-state index in [0.29, 0.717) is 19.5 Å². The summed E-state index contributed by atoms with van der Waals surface area (Å²) in [6.45, 7) is 2.84. The molecule has 1 aliphatic rings. The Hall–Kier alpha value is -0.910. The van der Waals surface area contributed by atoms with Crippen LogP contribution in [0.2, 0.25) is 0 Å². The third-order valence-corrected chi connectivity index (χ3v) is 4.13. The van der Waals surface area contributed by atoms with Crippen LogP contribution in [0.15, 0.2) is 0 Å². The van der Waals surface area contributed by atoms with Gasteiger partial charge in [-0.25, -0.2) is 0 Å². The molecule has 5 nitrogen and oxygen atoms in total. The molecule has 0 saturated carbocycles. The molecule has 0 bridgehead atoms. The van der Waals surface area contributed by atoms with Gasteiger partial charge in [-0.1, -0.05) is 6.92 Å². The summed E-state index contributed by atoms with van der Waals surface area (Å²) >= 11 is 0. The number of carbonyl (C=O) groups is 2. The number of rotatable bonds is 5. The molecular formula is C10H18N2O3S. The molecule has 1 rings (SSSR count). The minimum atomic E-state index is -0.850. The van der Waals surface area contributed by atoms with E-state index in [0.717, 1.165) is 0 Å². The third-order valence-electron chi connectivity index (χ3n) is 2.76. The quantitative estimate of drug-likeness (QED) is 0.680. The number of amides is 2. The van der Waals surface area contributed by atoms with Gasteiger partial charge < -0.3 is 10.6 Å². The Kier molecular flexibility index (Phi) is 4.92. The van der Waals surface area contributed by atoms with Crippen LogP contribution in [-0.2, 0) is 20.4 Å². The van der Waals surface area contributed by atoms with E-state index in [1.165, 1.54) is 0 Å². The minimum Gasteiger partial charge on any atom is -0.356 e. The molecule has 0 spiro atoms. The molecule has 92 valence electrons. The Morgan fingerprint density at radius 2 is 2.38 bits per heavy atom. The van der Waals surface area contributed by atoms with Crippen molar-refractivity contribution in [3.63, 3.8) is 0 Å². The van der Waals surface area contributed by atoms with Crippen LogP contribution in [0.3, 0.4) is 0 Å². The Bertz CT molecular complexity index is 306. The molecule has 16 heavy (non-hydrogen) atoms. The van der Waals surface area contributed by atoms with Gasteiger partial charge in [-0.05, 0) is 6.42 Å². The topological polar surface area (TPSA) is 75.3 Å². The van der Waals surface area contributed by atoms with Crippen LogP contribution in [-0.4, -0.2) is 40.6 Å². The van der Waals surface area contributed by atoms with Gasteiger partial charge in [0, 0.05) is 41.8 Å². The summed E-state index contributed by atoms with van der Waals surface area (Å²) in [6.07, 6.45) is 2.64. The second-order valence-electron chi connectivity index (χ2n) is 4.09. The van der Waals surface area contributed by atoms with Gasteiger partial charge in [0.2, 0.25) is 11.8 Å². The van der Waals surface area contributed by atoms with Crippen molar-refractivity contribution < 1.29 is 13.8 Å². The normalized spacial score (nSPS) is 23.6. The van der Waals surface area contributed by atoms with E-state index in [9.17, 15) is 13.8 Å². The highest BCUT2D eigenvalue weighted by molar-refractivity contribution is 7.84. The Balaban J connectivity index is 2.20. The van der Waals surface area contributed by atoms with Crippen molar-refractivity contribution in [3.8, 4) is 0 Å². The predicted molar refractivity (Wildman–Crippen MR) is 62.3 cm³/mol. The second kappa shape index (κ2) is 5.98. The highest BCUT2D eigenvalue weighted by Crippen LogP contribution is 2.08. The minimum absolute atomic E-state index is 0.0665. The molecular weight excluding hydrogens is 228 g/mol. The Morgan fingerprint density at radius 3 is 2.88 bits per heavy atom. The fourth-order valence-corrected chi connectivity index (χ4v) is 1.95. The average molecular weight is 246 g/mol. The summed E-state index contributed by atoms with van der Waals surface area (Å²) in [5.41, 5.74) is 0. The van der Waals surface area contributed by atoms with Crippen molar-refractivity contribution >= 4 is 22.6 Å². The Labute approximate surface area is 97.8 Å². The molecule has 3 unspecified atom stereocenters. The first kappa shape index (κ1) is 13.2. The van der Waals surface area contributed by atoms with Gasteiger partial charge in [0.1, 0.15) is 0 Å². The standard InChI is InChI=1S/C10H18N2O3S/c1-7(16(2)15)3-4-11-10(14)8-5-9(13)12-6-8/h7-8H,3-6H2,1-2H3,(H,11,14)(H,12,13). The van der Waals surface area contributed by atoms with Gasteiger partial charge >= 0.3 is 0 Å². The zero-order valence-electron chi connectivity index (χ0n) is 9.62. The number of hydrogen-bond acceptors (Lipinski definition) is 3. The number of carbonyl (C=O) groups excluding carboxylic acids is 2. The summed E-state index contributed by atoms with van der Waals surface area (Å²) in [5, 5.41) is 5.47. The van der Waals surface area contributed by atoms with Crippen LogP contribution < -0.4 is 10.6 Å². The molecule has 0 radical (unpaired) electrons. The van der Waals surface area contributed by atoms with E-state index in [1.54, 1.807) is 6.26 Å². The molecule has 0 aromatic carbocycles. The maximum Gasteiger partial charge on any atom is 0.225 e. The van der Waals surface area contributed by atoms with Crippen molar-refractivity contribution in [2.75, 3.05) is 19.3 Å². The summed E-state index contributed by atoms with van der Waals surface area (Å²) in [7, 11) is -0.850. The van der Waals surface area contributed by atoms with Gasteiger partial charge in [-0.15, -0.1) is 0 Å². The highest BCUT2D eigenvalue weighted by Gasteiger charge is 2.27. The Morgan fingerprint density at radius 1 is 1.69 bits per heavy atom. The van der Waals surface area contributed by atoms with Gasteiger partial charge in [-0.2, -0.15) is 0 Å². The van der Waals surface area contributed by atoms with E-state index in [2.05, 4.69) is 10.6 Å². The number of hydrogen-bond donors (Lipinski definition) is 2. The second-order valence-corrected chi connectivity index (χ2v) is 5.90. The van der Waals surface area contributed by atoms with Gasteiger partial charge in [-0.3, -0.25) is 13.8 Å². The third kappa shape index (κ3) is 3.92. The highest BCUT2D eigenvalue weighted by atomic mass is 32.2. The van der Waals surface area contributed by atoms with Crippen molar-refractivity contribution in [3.05, 3.63) is 0 Å². The van der Waals surface area contributed by atoms with Crippen molar-refractivity contribution in [2.24, 2.45) is 5.92 Å². The zero-order valence-corrected chi connectivity index (χ0v) is 10.4. The monoisotopic (exact) mass is 246 g/mol. The van der Waals surface area contributed by atoms with Crippen molar-refractivity contribution in [1.29, 1.82) is 0 Å². The maximum atomic E-state index is 11.6. The molecule has 0 aromatic heterocycles. The summed E-state index contributed by atoms with van der Waals surface area (Å²) in [5.74, 6) is -0.398. The van der Waals surface area contributed by atoms with Crippen LogP contribution in [0.4, 0.5) is 0 Å². The summed E-state index contributed by atoms with van der Waals surface area (Å²) in [4.78, 5) is 22.5. The average Bonchev–Trinajstić information content (AvgIpc) is 2.64. The summed E-state index contributed by atoms with van der Waals surface area (Å²) in [6, 6.07) is 0. The number of nitrogens with one attached hydrogen (secondary N) is 2. The smallest absolute Gasteiger partial charge is 0.225 e. The predicted octanol–water partition coefficient (Wildman–Crippen LogP) is -0.604. The molecule has 1 heterocycles. The lowest BCUT2D eigenvalue weighted by molar-refractivity contribution is -0.126. The molecule has 2 N–H and O–H groups in total. The molecule has 0 aliphatic carbocycles. The lowest BCUT2D eigenvalue weighted by Gasteiger charge is -2.11. The summed E-state index contributed by atoms with van der Waals surface area (Å²) < 4.78 is 11.1. The molecule has 0 aromatic rings. The van der Waals surface area contributed by atoms with Gasteiger partial charge in [0.15, 0.2) is 0 Å². The molecule has 1 fully saturated rings. The van der Waals surface area contributed by atoms with E-state index >= 15 is 0 Å². The SMILES string of the molecule is CC(CCNC(=O)C1CNC(=O)C1)S(C)=O. The first-order valence-electron chi connectivity index (χ1n) is 5.37. The maximum absolute atomic E-state index is 11.6. The van der Waals surface area contributed by atoms with Crippen LogP contribution in [0.25, 0.3) is 0 Å². The fourth-order valence-electron chi connectivity index (χ4n) is 1.50. The van der Waals surface area contributed by atoms with E-state index in [4.69, 9.17) is 0 Å². The zero-order chi connectivity index (χ0) is 12.1. The fraction of sp³-hybridized carbons (Fsp3) is 0.800. The van der Waals surface area contributed by atoms with E-state index < -0.39 is 10.8 Å². The van der Waals surface area contributed by atoms with E-state index in [-0.39, 0.29) is 29.4 Å². The molecule has 2 amide bonds. The first-order valence-corrected chi connectivity index (χ1v) is 6.99. The molecule has 1 aliphatic heterocycles. The van der Waals surface area contributed by atoms with Crippen LogP contribution in [0.5, 0.6) is 0 Å². The first-order chi connectivity index (χ1) is 7.50. The van der Waals surface area contributed by atoms with Crippen LogP contribution in [0, 0.1) is 5.92 Å². The lowest BCUT2D eigenvalue weighted by atomic mass is 10.1. The van der Waals surface area contributed by atoms with Crippen molar-refractivity contribution in [2.45, 2.75) is 25.0 Å². The molecule has 1 saturated heterocycles. The van der Waals surface area contributed by atoms with Gasteiger partial charge in [0.05, 0.1) is 5.92 Å². The van der Waals surface area contributed by atoms with Crippen LogP contribution in [0.1, 0.15) is 19.8 Å². The van der Waals surface area contributed by atoms with Crippen LogP contribution >= 0.6 is 0 Å².